The minimum Gasteiger partial charge on any atom is -0.464 e. The molecule has 0 N–H and O–H groups in total. The van der Waals surface area contributed by atoms with Gasteiger partial charge in [-0.2, -0.15) is 0 Å². The summed E-state index contributed by atoms with van der Waals surface area (Å²) in [5.41, 5.74) is 0.910. The van der Waals surface area contributed by atoms with E-state index in [1.807, 2.05) is 30.3 Å². The van der Waals surface area contributed by atoms with Gasteiger partial charge in [0.05, 0.1) is 6.61 Å². The first kappa shape index (κ1) is 24.0. The summed E-state index contributed by atoms with van der Waals surface area (Å²) in [6.45, 7) is 2.76. The average molecular weight is 392 g/mol. The van der Waals surface area contributed by atoms with Gasteiger partial charge >= 0.3 is 12.1 Å². The molecule has 0 atom stereocenters. The Hall–Kier alpha value is -2.04. The molecule has 1 aromatic carbocycles. The molecular weight excluding hydrogens is 354 g/mol. The minimum atomic E-state index is -0.528. The van der Waals surface area contributed by atoms with Crippen molar-refractivity contribution in [2.45, 2.75) is 77.7 Å². The first-order valence-corrected chi connectivity index (χ1v) is 10.7. The van der Waals surface area contributed by atoms with Crippen molar-refractivity contribution in [3.8, 4) is 0 Å². The Bertz CT molecular complexity index is 533. The average Bonchev–Trinajstić information content (AvgIpc) is 2.71. The summed E-state index contributed by atoms with van der Waals surface area (Å²) in [6, 6.07) is 9.44. The number of hydrogen-bond acceptors (Lipinski definition) is 4. The monoisotopic (exact) mass is 391 g/mol. The van der Waals surface area contributed by atoms with Gasteiger partial charge in [0.25, 0.3) is 0 Å². The van der Waals surface area contributed by atoms with E-state index >= 15 is 0 Å². The van der Waals surface area contributed by atoms with Crippen molar-refractivity contribution in [3.05, 3.63) is 35.9 Å². The van der Waals surface area contributed by atoms with Crippen LogP contribution in [-0.2, 0) is 20.9 Å². The number of rotatable bonds is 15. The molecule has 0 heterocycles. The Balaban J connectivity index is 1.98. The molecular formula is C23H37NO4. The first-order chi connectivity index (χ1) is 13.6. The van der Waals surface area contributed by atoms with Crippen molar-refractivity contribution >= 4 is 12.1 Å². The molecule has 5 nitrogen and oxygen atoms in total. The van der Waals surface area contributed by atoms with Crippen LogP contribution in [0.2, 0.25) is 0 Å². The summed E-state index contributed by atoms with van der Waals surface area (Å²) < 4.78 is 10.4. The molecule has 5 heteroatoms. The zero-order chi connectivity index (χ0) is 20.5. The van der Waals surface area contributed by atoms with Crippen LogP contribution in [0.5, 0.6) is 0 Å². The highest BCUT2D eigenvalue weighted by Crippen LogP contribution is 2.10. The van der Waals surface area contributed by atoms with Gasteiger partial charge in [0.2, 0.25) is 0 Å². The zero-order valence-corrected chi connectivity index (χ0v) is 17.7. The fourth-order valence-electron chi connectivity index (χ4n) is 2.91. The van der Waals surface area contributed by atoms with E-state index in [9.17, 15) is 9.59 Å². The molecule has 0 bridgehead atoms. The second-order valence-corrected chi connectivity index (χ2v) is 7.30. The van der Waals surface area contributed by atoms with Crippen molar-refractivity contribution in [2.75, 3.05) is 20.2 Å². The fraction of sp³-hybridized carbons (Fsp3) is 0.652. The van der Waals surface area contributed by atoms with E-state index in [0.717, 1.165) is 18.4 Å². The maximum Gasteiger partial charge on any atom is 0.410 e. The number of esters is 1. The molecule has 1 rings (SSSR count). The molecule has 0 aromatic heterocycles. The van der Waals surface area contributed by atoms with Crippen molar-refractivity contribution in [2.24, 2.45) is 0 Å². The van der Waals surface area contributed by atoms with Crippen LogP contribution in [0.25, 0.3) is 0 Å². The molecule has 0 aliphatic heterocycles. The Kier molecular flexibility index (Phi) is 13.7. The SMILES string of the molecule is CCCCCCCCCCCCOC(=O)CN(C)C(=O)OCc1ccccc1. The van der Waals surface area contributed by atoms with Crippen molar-refractivity contribution in [1.29, 1.82) is 0 Å². The van der Waals surface area contributed by atoms with Crippen LogP contribution in [0.4, 0.5) is 4.79 Å². The lowest BCUT2D eigenvalue weighted by Crippen LogP contribution is -2.33. The summed E-state index contributed by atoms with van der Waals surface area (Å²) in [5, 5.41) is 0. The van der Waals surface area contributed by atoms with Crippen LogP contribution in [0.15, 0.2) is 30.3 Å². The summed E-state index contributed by atoms with van der Waals surface area (Å²) in [5.74, 6) is -0.393. The molecule has 0 aliphatic rings. The Morgan fingerprint density at radius 1 is 0.821 bits per heavy atom. The Morgan fingerprint density at radius 2 is 1.39 bits per heavy atom. The van der Waals surface area contributed by atoms with Gasteiger partial charge < -0.3 is 14.4 Å². The third-order valence-electron chi connectivity index (χ3n) is 4.64. The highest BCUT2D eigenvalue weighted by molar-refractivity contribution is 5.77. The lowest BCUT2D eigenvalue weighted by molar-refractivity contribution is -0.144. The van der Waals surface area contributed by atoms with Gasteiger partial charge in [-0.25, -0.2) is 4.79 Å². The van der Waals surface area contributed by atoms with E-state index in [1.165, 1.54) is 63.3 Å². The Labute approximate surface area is 170 Å². The summed E-state index contributed by atoms with van der Waals surface area (Å²) >= 11 is 0. The molecule has 0 aliphatic carbocycles. The number of hydrogen-bond donors (Lipinski definition) is 0. The minimum absolute atomic E-state index is 0.0919. The predicted molar refractivity (Wildman–Crippen MR) is 112 cm³/mol. The van der Waals surface area contributed by atoms with Crippen LogP contribution in [0, 0.1) is 0 Å². The van der Waals surface area contributed by atoms with Gasteiger partial charge in [0.15, 0.2) is 0 Å². The summed E-state index contributed by atoms with van der Waals surface area (Å²) in [4.78, 5) is 25.0. The van der Waals surface area contributed by atoms with Crippen molar-refractivity contribution in [1.82, 2.24) is 4.90 Å². The predicted octanol–water partition coefficient (Wildman–Crippen LogP) is 5.72. The number of benzene rings is 1. The quantitative estimate of drug-likeness (QED) is 0.283. The van der Waals surface area contributed by atoms with Gasteiger partial charge in [0.1, 0.15) is 13.2 Å². The molecule has 28 heavy (non-hydrogen) atoms. The smallest absolute Gasteiger partial charge is 0.410 e. The van der Waals surface area contributed by atoms with E-state index in [-0.39, 0.29) is 13.2 Å². The van der Waals surface area contributed by atoms with E-state index in [2.05, 4.69) is 6.92 Å². The Morgan fingerprint density at radius 3 is 2.00 bits per heavy atom. The maximum absolute atomic E-state index is 11.9. The molecule has 0 unspecified atom stereocenters. The van der Waals surface area contributed by atoms with E-state index in [0.29, 0.717) is 6.61 Å². The van der Waals surface area contributed by atoms with E-state index in [4.69, 9.17) is 9.47 Å². The molecule has 0 saturated carbocycles. The number of unbranched alkanes of at least 4 members (excludes halogenated alkanes) is 9. The molecule has 1 aromatic rings. The first-order valence-electron chi connectivity index (χ1n) is 10.7. The molecule has 0 fully saturated rings. The summed E-state index contributed by atoms with van der Waals surface area (Å²) in [7, 11) is 1.54. The van der Waals surface area contributed by atoms with Crippen LogP contribution in [0.1, 0.15) is 76.7 Å². The van der Waals surface area contributed by atoms with Crippen LogP contribution < -0.4 is 0 Å². The third-order valence-corrected chi connectivity index (χ3v) is 4.64. The number of ether oxygens (including phenoxy) is 2. The number of amides is 1. The van der Waals surface area contributed by atoms with Crippen molar-refractivity contribution in [3.63, 3.8) is 0 Å². The van der Waals surface area contributed by atoms with Gasteiger partial charge in [-0.05, 0) is 12.0 Å². The molecule has 158 valence electrons. The molecule has 0 radical (unpaired) electrons. The summed E-state index contributed by atoms with van der Waals surface area (Å²) in [6.07, 6.45) is 11.9. The number of likely N-dealkylation sites (N-methyl/N-ethyl adjacent to an activating group) is 1. The highest BCUT2D eigenvalue weighted by atomic mass is 16.6. The molecule has 1 amide bonds. The standard InChI is InChI=1S/C23H37NO4/c1-3-4-5-6-7-8-9-10-11-15-18-27-22(25)19-24(2)23(26)28-20-21-16-13-12-14-17-21/h12-14,16-17H,3-11,15,18-20H2,1-2H3. The normalized spacial score (nSPS) is 10.5. The van der Waals surface area contributed by atoms with Crippen LogP contribution >= 0.6 is 0 Å². The molecule has 0 saturated heterocycles. The lowest BCUT2D eigenvalue weighted by atomic mass is 10.1. The third kappa shape index (κ3) is 12.4. The van der Waals surface area contributed by atoms with Gasteiger partial charge in [-0.1, -0.05) is 95.0 Å². The van der Waals surface area contributed by atoms with Crippen LogP contribution in [-0.4, -0.2) is 37.2 Å². The zero-order valence-electron chi connectivity index (χ0n) is 17.7. The number of carbonyl (C=O) groups is 2. The topological polar surface area (TPSA) is 55.8 Å². The highest BCUT2D eigenvalue weighted by Gasteiger charge is 2.15. The van der Waals surface area contributed by atoms with Gasteiger partial charge in [0, 0.05) is 7.05 Å². The number of nitrogens with zero attached hydrogens (tertiary/aromatic N) is 1. The fourth-order valence-corrected chi connectivity index (χ4v) is 2.91. The largest absolute Gasteiger partial charge is 0.464 e. The number of carbonyl (C=O) groups excluding carboxylic acids is 2. The van der Waals surface area contributed by atoms with E-state index in [1.54, 1.807) is 0 Å². The van der Waals surface area contributed by atoms with Gasteiger partial charge in [-0.3, -0.25) is 4.79 Å². The second-order valence-electron chi connectivity index (χ2n) is 7.30. The second kappa shape index (κ2) is 16.0. The lowest BCUT2D eigenvalue weighted by Gasteiger charge is -2.16. The van der Waals surface area contributed by atoms with Gasteiger partial charge in [-0.15, -0.1) is 0 Å². The molecule has 0 spiro atoms. The van der Waals surface area contributed by atoms with Crippen molar-refractivity contribution < 1.29 is 19.1 Å². The van der Waals surface area contributed by atoms with E-state index < -0.39 is 12.1 Å². The maximum atomic E-state index is 11.9. The van der Waals surface area contributed by atoms with Crippen LogP contribution in [0.3, 0.4) is 0 Å².